The van der Waals surface area contributed by atoms with Gasteiger partial charge in [-0.15, -0.1) is 11.3 Å². The molecule has 2 heterocycles. The Morgan fingerprint density at radius 1 is 1.47 bits per heavy atom. The molecule has 1 unspecified atom stereocenters. The summed E-state index contributed by atoms with van der Waals surface area (Å²) in [6, 6.07) is 4.49. The first kappa shape index (κ1) is 12.3. The minimum absolute atomic E-state index is 0.341. The Morgan fingerprint density at radius 2 is 2.29 bits per heavy atom. The van der Waals surface area contributed by atoms with Crippen LogP contribution in [0.5, 0.6) is 0 Å². The summed E-state index contributed by atoms with van der Waals surface area (Å²) in [6.07, 6.45) is 4.96. The van der Waals surface area contributed by atoms with Gasteiger partial charge in [-0.1, -0.05) is 6.07 Å². The number of aromatic nitrogens is 2. The van der Waals surface area contributed by atoms with E-state index >= 15 is 0 Å². The van der Waals surface area contributed by atoms with Gasteiger partial charge in [0.1, 0.15) is 0 Å². The molecule has 0 aliphatic rings. The molecular formula is C13H18N2OS. The van der Waals surface area contributed by atoms with Gasteiger partial charge < -0.3 is 5.11 Å². The molecule has 0 saturated heterocycles. The van der Waals surface area contributed by atoms with Crippen molar-refractivity contribution in [3.8, 4) is 0 Å². The van der Waals surface area contributed by atoms with Crippen LogP contribution in [0.25, 0.3) is 0 Å². The normalized spacial score (nSPS) is 13.2. The average Bonchev–Trinajstić information content (AvgIpc) is 2.96. The summed E-state index contributed by atoms with van der Waals surface area (Å²) < 4.78 is 1.88. The molecule has 0 saturated carbocycles. The van der Waals surface area contributed by atoms with Crippen LogP contribution in [-0.2, 0) is 6.42 Å². The maximum absolute atomic E-state index is 10.1. The summed E-state index contributed by atoms with van der Waals surface area (Å²) in [5.41, 5.74) is 0.912. The van der Waals surface area contributed by atoms with Gasteiger partial charge in [0.05, 0.1) is 12.3 Å². The zero-order chi connectivity index (χ0) is 12.3. The van der Waals surface area contributed by atoms with Crippen LogP contribution in [0, 0.1) is 0 Å². The Morgan fingerprint density at radius 3 is 2.88 bits per heavy atom. The standard InChI is InChI=1S/C13H18N2OS/c1-10(2)15-9-11(8-14-15)13(16)6-5-12-4-3-7-17-12/h3-4,7-10,13,16H,5-6H2,1-2H3. The van der Waals surface area contributed by atoms with Gasteiger partial charge in [0.15, 0.2) is 0 Å². The second-order valence-electron chi connectivity index (χ2n) is 4.48. The van der Waals surface area contributed by atoms with Crippen molar-refractivity contribution in [2.75, 3.05) is 0 Å². The summed E-state index contributed by atoms with van der Waals surface area (Å²) >= 11 is 1.74. The van der Waals surface area contributed by atoms with Gasteiger partial charge in [0.2, 0.25) is 0 Å². The molecule has 0 aromatic carbocycles. The zero-order valence-electron chi connectivity index (χ0n) is 10.2. The highest BCUT2D eigenvalue weighted by Crippen LogP contribution is 2.21. The molecule has 0 bridgehead atoms. The van der Waals surface area contributed by atoms with Crippen LogP contribution in [0.15, 0.2) is 29.9 Å². The number of hydrogen-bond acceptors (Lipinski definition) is 3. The maximum Gasteiger partial charge on any atom is 0.0824 e. The molecule has 2 aromatic rings. The van der Waals surface area contributed by atoms with E-state index in [9.17, 15) is 5.11 Å². The van der Waals surface area contributed by atoms with Gasteiger partial charge in [-0.05, 0) is 38.1 Å². The second kappa shape index (κ2) is 5.47. The van der Waals surface area contributed by atoms with Crippen molar-refractivity contribution in [2.45, 2.75) is 38.8 Å². The molecule has 0 aliphatic carbocycles. The summed E-state index contributed by atoms with van der Waals surface area (Å²) in [6.45, 7) is 4.16. The second-order valence-corrected chi connectivity index (χ2v) is 5.51. The highest BCUT2D eigenvalue weighted by molar-refractivity contribution is 7.09. The number of aliphatic hydroxyl groups is 1. The average molecular weight is 250 g/mol. The topological polar surface area (TPSA) is 38.0 Å². The van der Waals surface area contributed by atoms with E-state index in [0.717, 1.165) is 18.4 Å². The Bertz CT molecular complexity index is 448. The number of aryl methyl sites for hydroxylation is 1. The third-order valence-corrected chi connectivity index (χ3v) is 3.72. The van der Waals surface area contributed by atoms with Gasteiger partial charge in [0, 0.05) is 22.7 Å². The van der Waals surface area contributed by atoms with E-state index in [4.69, 9.17) is 0 Å². The van der Waals surface area contributed by atoms with Crippen molar-refractivity contribution in [3.63, 3.8) is 0 Å². The van der Waals surface area contributed by atoms with Crippen molar-refractivity contribution < 1.29 is 5.11 Å². The van der Waals surface area contributed by atoms with Crippen LogP contribution in [0.1, 0.15) is 42.9 Å². The van der Waals surface area contributed by atoms with Crippen LogP contribution in [0.3, 0.4) is 0 Å². The van der Waals surface area contributed by atoms with Crippen molar-refractivity contribution in [1.82, 2.24) is 9.78 Å². The maximum atomic E-state index is 10.1. The lowest BCUT2D eigenvalue weighted by Gasteiger charge is -2.07. The van der Waals surface area contributed by atoms with Gasteiger partial charge in [-0.25, -0.2) is 0 Å². The van der Waals surface area contributed by atoms with Crippen LogP contribution >= 0.6 is 11.3 Å². The molecule has 2 rings (SSSR count). The number of hydrogen-bond donors (Lipinski definition) is 1. The van der Waals surface area contributed by atoms with Crippen molar-refractivity contribution in [1.29, 1.82) is 0 Å². The minimum atomic E-state index is -0.412. The molecule has 1 atom stereocenters. The number of aliphatic hydroxyl groups excluding tert-OH is 1. The highest BCUT2D eigenvalue weighted by Gasteiger charge is 2.11. The Hall–Kier alpha value is -1.13. The number of thiophene rings is 1. The SMILES string of the molecule is CC(C)n1cc(C(O)CCc2cccs2)cn1. The third-order valence-electron chi connectivity index (χ3n) is 2.78. The first-order valence-electron chi connectivity index (χ1n) is 5.91. The van der Waals surface area contributed by atoms with E-state index in [1.54, 1.807) is 17.5 Å². The molecule has 0 radical (unpaired) electrons. The number of nitrogens with zero attached hydrogens (tertiary/aromatic N) is 2. The van der Waals surface area contributed by atoms with Gasteiger partial charge in [-0.3, -0.25) is 4.68 Å². The molecule has 1 N–H and O–H groups in total. The highest BCUT2D eigenvalue weighted by atomic mass is 32.1. The largest absolute Gasteiger partial charge is 0.388 e. The third kappa shape index (κ3) is 3.17. The van der Waals surface area contributed by atoms with E-state index in [0.29, 0.717) is 6.04 Å². The molecule has 0 spiro atoms. The van der Waals surface area contributed by atoms with Crippen LogP contribution < -0.4 is 0 Å². The predicted octanol–water partition coefficient (Wildman–Crippen LogP) is 3.19. The Balaban J connectivity index is 1.92. The minimum Gasteiger partial charge on any atom is -0.388 e. The monoisotopic (exact) mass is 250 g/mol. The van der Waals surface area contributed by atoms with Crippen molar-refractivity contribution >= 4 is 11.3 Å². The van der Waals surface area contributed by atoms with E-state index in [1.165, 1.54) is 4.88 Å². The molecule has 3 nitrogen and oxygen atoms in total. The summed E-state index contributed by atoms with van der Waals surface area (Å²) in [5, 5.41) is 16.4. The molecule has 17 heavy (non-hydrogen) atoms. The lowest BCUT2D eigenvalue weighted by molar-refractivity contribution is 0.168. The molecule has 4 heteroatoms. The quantitative estimate of drug-likeness (QED) is 0.885. The fourth-order valence-corrected chi connectivity index (χ4v) is 2.43. The van der Waals surface area contributed by atoms with Crippen LogP contribution in [0.2, 0.25) is 0 Å². The first-order chi connectivity index (χ1) is 8.16. The van der Waals surface area contributed by atoms with Gasteiger partial charge >= 0.3 is 0 Å². The van der Waals surface area contributed by atoms with E-state index in [1.807, 2.05) is 16.9 Å². The summed E-state index contributed by atoms with van der Waals surface area (Å²) in [4.78, 5) is 1.32. The van der Waals surface area contributed by atoms with Gasteiger partial charge in [-0.2, -0.15) is 5.10 Å². The molecule has 92 valence electrons. The molecule has 2 aromatic heterocycles. The number of rotatable bonds is 5. The molecular weight excluding hydrogens is 232 g/mol. The smallest absolute Gasteiger partial charge is 0.0824 e. The van der Waals surface area contributed by atoms with E-state index < -0.39 is 6.10 Å². The van der Waals surface area contributed by atoms with Crippen molar-refractivity contribution in [2.24, 2.45) is 0 Å². The molecule has 0 amide bonds. The Kier molecular flexibility index (Phi) is 3.97. The summed E-state index contributed by atoms with van der Waals surface area (Å²) in [5.74, 6) is 0. The fraction of sp³-hybridized carbons (Fsp3) is 0.462. The zero-order valence-corrected chi connectivity index (χ0v) is 11.0. The lowest BCUT2D eigenvalue weighted by atomic mass is 10.1. The van der Waals surface area contributed by atoms with Gasteiger partial charge in [0.25, 0.3) is 0 Å². The van der Waals surface area contributed by atoms with Crippen LogP contribution in [0.4, 0.5) is 0 Å². The Labute approximate surface area is 106 Å². The lowest BCUT2D eigenvalue weighted by Crippen LogP contribution is -2.01. The molecule has 0 aliphatic heterocycles. The first-order valence-corrected chi connectivity index (χ1v) is 6.79. The van der Waals surface area contributed by atoms with E-state index in [-0.39, 0.29) is 0 Å². The predicted molar refractivity (Wildman–Crippen MR) is 70.2 cm³/mol. The van der Waals surface area contributed by atoms with E-state index in [2.05, 4.69) is 30.4 Å². The summed E-state index contributed by atoms with van der Waals surface area (Å²) in [7, 11) is 0. The van der Waals surface area contributed by atoms with Crippen LogP contribution in [-0.4, -0.2) is 14.9 Å². The van der Waals surface area contributed by atoms with Crippen molar-refractivity contribution in [3.05, 3.63) is 40.3 Å². The fourth-order valence-electron chi connectivity index (χ4n) is 1.71. The molecule has 0 fully saturated rings.